The third-order valence-electron chi connectivity index (χ3n) is 3.27. The molecule has 0 aliphatic carbocycles. The summed E-state index contributed by atoms with van der Waals surface area (Å²) in [5, 5.41) is 2.83. The number of hydrogen-bond acceptors (Lipinski definition) is 2. The topological polar surface area (TPSA) is 29.1 Å². The number of rotatable bonds is 6. The molecule has 1 atom stereocenters. The van der Waals surface area contributed by atoms with Gasteiger partial charge in [0.05, 0.1) is 0 Å². The summed E-state index contributed by atoms with van der Waals surface area (Å²) in [4.78, 5) is 13.0. The molecule has 2 aromatic rings. The normalized spacial score (nSPS) is 10.5. The van der Waals surface area contributed by atoms with Gasteiger partial charge in [0.2, 0.25) is 5.91 Å². The third kappa shape index (κ3) is 6.36. The lowest BCUT2D eigenvalue weighted by atomic mass is 9.99. The van der Waals surface area contributed by atoms with Crippen LogP contribution in [0.15, 0.2) is 60.7 Å². The van der Waals surface area contributed by atoms with Crippen molar-refractivity contribution >= 4 is 23.0 Å². The van der Waals surface area contributed by atoms with E-state index < -0.39 is 5.92 Å². The Balaban J connectivity index is 0.00000139. The van der Waals surface area contributed by atoms with E-state index in [1.54, 1.807) is 0 Å². The maximum atomic E-state index is 12.2. The largest absolute Gasteiger partial charge is 0.350 e. The molecule has 2 rings (SSSR count). The van der Waals surface area contributed by atoms with Crippen molar-refractivity contribution in [2.45, 2.75) is 26.2 Å². The van der Waals surface area contributed by atoms with E-state index in [0.717, 1.165) is 16.0 Å². The maximum absolute atomic E-state index is 12.2. The summed E-state index contributed by atoms with van der Waals surface area (Å²) in [6, 6.07) is 19.3. The molecule has 0 bridgehead atoms. The fourth-order valence-electron chi connectivity index (χ4n) is 2.14. The second-order valence-electron chi connectivity index (χ2n) is 4.93. The molecular weight excluding hydrogens is 314 g/mol. The SMILES string of the molecule is C#CC(C(=O)NCC(=S)Cc1ccccc1)c1ccccc1.CC. The van der Waals surface area contributed by atoms with Crippen LogP contribution < -0.4 is 5.32 Å². The molecule has 2 aromatic carbocycles. The average molecular weight is 337 g/mol. The van der Waals surface area contributed by atoms with Crippen LogP contribution in [0, 0.1) is 12.3 Å². The standard InChI is InChI=1S/C19H17NOS.C2H6/c1-2-18(16-11-7-4-8-12-16)19(21)20-14-17(22)13-15-9-5-3-6-10-15;1-2/h1,3-12,18H,13-14H2,(H,20,21);1-2H3. The number of hydrogen-bond donors (Lipinski definition) is 1. The molecule has 0 radical (unpaired) electrons. The molecule has 1 N–H and O–H groups in total. The number of carbonyl (C=O) groups excluding carboxylic acids is 1. The van der Waals surface area contributed by atoms with E-state index in [1.165, 1.54) is 0 Å². The summed E-state index contributed by atoms with van der Waals surface area (Å²) in [7, 11) is 0. The monoisotopic (exact) mass is 337 g/mol. The Morgan fingerprint density at radius 2 is 1.62 bits per heavy atom. The Bertz CT molecular complexity index is 674. The van der Waals surface area contributed by atoms with Gasteiger partial charge in [-0.05, 0) is 11.1 Å². The Labute approximate surface area is 150 Å². The van der Waals surface area contributed by atoms with Crippen molar-refractivity contribution in [3.8, 4) is 12.3 Å². The highest BCUT2D eigenvalue weighted by molar-refractivity contribution is 7.80. The van der Waals surface area contributed by atoms with Crippen LogP contribution in [0.2, 0.25) is 0 Å². The lowest BCUT2D eigenvalue weighted by molar-refractivity contribution is -0.121. The van der Waals surface area contributed by atoms with E-state index in [4.69, 9.17) is 18.6 Å². The summed E-state index contributed by atoms with van der Waals surface area (Å²) in [6.07, 6.45) is 6.16. The van der Waals surface area contributed by atoms with Crippen LogP contribution in [-0.4, -0.2) is 17.3 Å². The zero-order valence-electron chi connectivity index (χ0n) is 14.2. The van der Waals surface area contributed by atoms with Crippen molar-refractivity contribution in [1.29, 1.82) is 0 Å². The Hall–Kier alpha value is -2.44. The van der Waals surface area contributed by atoms with E-state index in [1.807, 2.05) is 74.5 Å². The zero-order chi connectivity index (χ0) is 17.8. The van der Waals surface area contributed by atoms with E-state index in [-0.39, 0.29) is 5.91 Å². The third-order valence-corrected chi connectivity index (χ3v) is 3.55. The first-order chi connectivity index (χ1) is 11.7. The molecule has 24 heavy (non-hydrogen) atoms. The van der Waals surface area contributed by atoms with E-state index >= 15 is 0 Å². The lowest BCUT2D eigenvalue weighted by Crippen LogP contribution is -2.33. The van der Waals surface area contributed by atoms with Gasteiger partial charge in [-0.2, -0.15) is 0 Å². The molecule has 0 heterocycles. The minimum Gasteiger partial charge on any atom is -0.350 e. The van der Waals surface area contributed by atoms with Crippen LogP contribution in [0.1, 0.15) is 30.9 Å². The molecule has 0 spiro atoms. The molecule has 3 heteroatoms. The number of amides is 1. The molecule has 0 saturated carbocycles. The molecule has 124 valence electrons. The van der Waals surface area contributed by atoms with Crippen molar-refractivity contribution in [3.05, 3.63) is 71.8 Å². The number of nitrogens with one attached hydrogen (secondary N) is 1. The van der Waals surface area contributed by atoms with Crippen LogP contribution in [0.5, 0.6) is 0 Å². The first kappa shape index (κ1) is 19.6. The van der Waals surface area contributed by atoms with Crippen LogP contribution in [0.4, 0.5) is 0 Å². The quantitative estimate of drug-likeness (QED) is 0.633. The molecule has 2 nitrogen and oxygen atoms in total. The van der Waals surface area contributed by atoms with Crippen LogP contribution in [0.25, 0.3) is 0 Å². The summed E-state index contributed by atoms with van der Waals surface area (Å²) < 4.78 is 0. The molecule has 0 saturated heterocycles. The fourth-order valence-corrected chi connectivity index (χ4v) is 2.38. The predicted octanol–water partition coefficient (Wildman–Crippen LogP) is 4.16. The summed E-state index contributed by atoms with van der Waals surface area (Å²) >= 11 is 5.33. The molecule has 0 fully saturated rings. The Morgan fingerprint density at radius 3 is 2.17 bits per heavy atom. The van der Waals surface area contributed by atoms with E-state index in [2.05, 4.69) is 11.2 Å². The summed E-state index contributed by atoms with van der Waals surface area (Å²) in [6.45, 7) is 4.36. The van der Waals surface area contributed by atoms with Crippen LogP contribution >= 0.6 is 12.2 Å². The van der Waals surface area contributed by atoms with Crippen molar-refractivity contribution in [3.63, 3.8) is 0 Å². The minimum absolute atomic E-state index is 0.191. The lowest BCUT2D eigenvalue weighted by Gasteiger charge is -2.12. The number of terminal acetylenes is 1. The first-order valence-corrected chi connectivity index (χ1v) is 8.46. The number of benzene rings is 2. The Kier molecular flexibility index (Phi) is 9.11. The zero-order valence-corrected chi connectivity index (χ0v) is 15.0. The van der Waals surface area contributed by atoms with E-state index in [0.29, 0.717) is 13.0 Å². The maximum Gasteiger partial charge on any atom is 0.239 e. The second-order valence-corrected chi connectivity index (χ2v) is 5.51. The van der Waals surface area contributed by atoms with Gasteiger partial charge < -0.3 is 5.32 Å². The Morgan fingerprint density at radius 1 is 1.08 bits per heavy atom. The van der Waals surface area contributed by atoms with Crippen molar-refractivity contribution in [2.75, 3.05) is 6.54 Å². The number of carbonyl (C=O) groups is 1. The van der Waals surface area contributed by atoms with Crippen molar-refractivity contribution < 1.29 is 4.79 Å². The fraction of sp³-hybridized carbons (Fsp3) is 0.238. The molecular formula is C21H23NOS. The highest BCUT2D eigenvalue weighted by Crippen LogP contribution is 2.14. The predicted molar refractivity (Wildman–Crippen MR) is 105 cm³/mol. The molecule has 1 unspecified atom stereocenters. The molecule has 0 aromatic heterocycles. The summed E-state index contributed by atoms with van der Waals surface area (Å²) in [5.74, 6) is 1.76. The summed E-state index contributed by atoms with van der Waals surface area (Å²) in [5.41, 5.74) is 1.95. The highest BCUT2D eigenvalue weighted by Gasteiger charge is 2.17. The van der Waals surface area contributed by atoms with Gasteiger partial charge in [-0.1, -0.05) is 92.6 Å². The highest BCUT2D eigenvalue weighted by atomic mass is 32.1. The molecule has 1 amide bonds. The first-order valence-electron chi connectivity index (χ1n) is 8.05. The van der Waals surface area contributed by atoms with Gasteiger partial charge in [-0.25, -0.2) is 0 Å². The van der Waals surface area contributed by atoms with Gasteiger partial charge in [0, 0.05) is 17.8 Å². The van der Waals surface area contributed by atoms with Gasteiger partial charge in [0.1, 0.15) is 5.92 Å². The molecule has 0 aliphatic heterocycles. The van der Waals surface area contributed by atoms with Crippen molar-refractivity contribution in [2.24, 2.45) is 0 Å². The average Bonchev–Trinajstić information content (AvgIpc) is 2.64. The van der Waals surface area contributed by atoms with Gasteiger partial charge in [-0.15, -0.1) is 6.42 Å². The van der Waals surface area contributed by atoms with Gasteiger partial charge >= 0.3 is 0 Å². The van der Waals surface area contributed by atoms with E-state index in [9.17, 15) is 4.79 Å². The molecule has 0 aliphatic rings. The van der Waals surface area contributed by atoms with Gasteiger partial charge in [0.25, 0.3) is 0 Å². The smallest absolute Gasteiger partial charge is 0.239 e. The van der Waals surface area contributed by atoms with Gasteiger partial charge in [0.15, 0.2) is 0 Å². The number of thiocarbonyl (C=S) groups is 1. The van der Waals surface area contributed by atoms with Crippen molar-refractivity contribution in [1.82, 2.24) is 5.32 Å². The van der Waals surface area contributed by atoms with Crippen LogP contribution in [0.3, 0.4) is 0 Å². The van der Waals surface area contributed by atoms with Crippen LogP contribution in [-0.2, 0) is 11.2 Å². The second kappa shape index (κ2) is 11.2. The minimum atomic E-state index is -0.583. The van der Waals surface area contributed by atoms with Gasteiger partial charge in [-0.3, -0.25) is 4.79 Å².